The average molecular weight is 438 g/mol. The fraction of sp³-hybridized carbons (Fsp3) is 1.00. The van der Waals surface area contributed by atoms with Crippen molar-refractivity contribution in [2.45, 2.75) is 80.2 Å². The molecule has 7 nitrogen and oxygen atoms in total. The molecule has 176 valence electrons. The molecule has 5 aliphatic carbocycles. The number of nitrogens with zero attached hydrogens (tertiary/aromatic N) is 1. The van der Waals surface area contributed by atoms with Gasteiger partial charge in [0, 0.05) is 70.6 Å². The minimum atomic E-state index is -1.29. The van der Waals surface area contributed by atoms with E-state index >= 15 is 0 Å². The van der Waals surface area contributed by atoms with Crippen molar-refractivity contribution in [3.05, 3.63) is 0 Å². The van der Waals surface area contributed by atoms with E-state index in [4.69, 9.17) is 18.9 Å². The highest BCUT2D eigenvalue weighted by molar-refractivity contribution is 5.38. The van der Waals surface area contributed by atoms with Crippen LogP contribution in [0.2, 0.25) is 0 Å². The molecular formula is C24H39NO6. The molecule has 0 amide bonds. The van der Waals surface area contributed by atoms with Crippen LogP contribution in [0.25, 0.3) is 0 Å². The van der Waals surface area contributed by atoms with Crippen molar-refractivity contribution in [2.75, 3.05) is 41.5 Å². The number of hydrogen-bond donors (Lipinski definition) is 2. The van der Waals surface area contributed by atoms with Crippen molar-refractivity contribution in [3.63, 3.8) is 0 Å². The molecule has 12 atom stereocenters. The van der Waals surface area contributed by atoms with Crippen LogP contribution in [0.3, 0.4) is 0 Å². The van der Waals surface area contributed by atoms with Gasteiger partial charge in [0.15, 0.2) is 0 Å². The van der Waals surface area contributed by atoms with Gasteiger partial charge in [-0.05, 0) is 38.1 Å². The molecule has 31 heavy (non-hydrogen) atoms. The first-order chi connectivity index (χ1) is 14.8. The van der Waals surface area contributed by atoms with Gasteiger partial charge < -0.3 is 29.2 Å². The number of likely N-dealkylation sites (tertiary alicyclic amines) is 1. The topological polar surface area (TPSA) is 80.6 Å². The first-order valence-electron chi connectivity index (χ1n) is 12.2. The molecular weight excluding hydrogens is 398 g/mol. The maximum atomic E-state index is 12.6. The summed E-state index contributed by atoms with van der Waals surface area (Å²) < 4.78 is 24.6. The van der Waals surface area contributed by atoms with Gasteiger partial charge in [0.1, 0.15) is 11.2 Å². The van der Waals surface area contributed by atoms with E-state index in [-0.39, 0.29) is 52.9 Å². The predicted molar refractivity (Wildman–Crippen MR) is 113 cm³/mol. The van der Waals surface area contributed by atoms with E-state index in [2.05, 4.69) is 11.8 Å². The number of rotatable bonds is 5. The van der Waals surface area contributed by atoms with Crippen LogP contribution >= 0.6 is 0 Å². The second kappa shape index (κ2) is 6.44. The summed E-state index contributed by atoms with van der Waals surface area (Å²) in [4.78, 5) is 2.55. The van der Waals surface area contributed by atoms with Crippen molar-refractivity contribution < 1.29 is 29.2 Å². The number of hydrogen-bond acceptors (Lipinski definition) is 7. The molecule has 2 N–H and O–H groups in total. The molecule has 0 aromatic heterocycles. The summed E-state index contributed by atoms with van der Waals surface area (Å²) in [7, 11) is 7.10. The highest BCUT2D eigenvalue weighted by Gasteiger charge is 2.88. The molecule has 6 rings (SSSR count). The minimum Gasteiger partial charge on any atom is -0.386 e. The Balaban J connectivity index is 1.63. The first-order valence-corrected chi connectivity index (χ1v) is 12.2. The third-order valence-corrected chi connectivity index (χ3v) is 11.3. The highest BCUT2D eigenvalue weighted by Crippen LogP contribution is 2.79. The summed E-state index contributed by atoms with van der Waals surface area (Å²) in [6.45, 7) is 4.02. The Morgan fingerprint density at radius 2 is 1.77 bits per heavy atom. The Labute approximate surface area is 185 Å². The molecule has 7 heteroatoms. The molecule has 7 bridgehead atoms. The molecule has 0 aromatic rings. The largest absolute Gasteiger partial charge is 0.386 e. The molecule has 0 aromatic carbocycles. The normalized spacial score (nSPS) is 61.6. The summed E-state index contributed by atoms with van der Waals surface area (Å²) in [5.74, 6) is 0.178. The van der Waals surface area contributed by atoms with Crippen molar-refractivity contribution in [1.29, 1.82) is 0 Å². The maximum absolute atomic E-state index is 12.6. The van der Waals surface area contributed by atoms with Gasteiger partial charge in [0.2, 0.25) is 0 Å². The lowest BCUT2D eigenvalue weighted by Gasteiger charge is -2.70. The lowest BCUT2D eigenvalue weighted by molar-refractivity contribution is -0.339. The fourth-order valence-corrected chi connectivity index (χ4v) is 10.6. The van der Waals surface area contributed by atoms with Crippen LogP contribution in [-0.4, -0.2) is 97.8 Å². The van der Waals surface area contributed by atoms with Gasteiger partial charge >= 0.3 is 0 Å². The summed E-state index contributed by atoms with van der Waals surface area (Å²) in [5, 5.41) is 25.1. The zero-order valence-corrected chi connectivity index (χ0v) is 19.5. The van der Waals surface area contributed by atoms with Crippen molar-refractivity contribution >= 4 is 0 Å². The van der Waals surface area contributed by atoms with Gasteiger partial charge in [-0.25, -0.2) is 0 Å². The van der Waals surface area contributed by atoms with E-state index in [0.29, 0.717) is 6.42 Å². The fourth-order valence-electron chi connectivity index (χ4n) is 10.6. The number of aliphatic hydroxyl groups is 2. The van der Waals surface area contributed by atoms with E-state index in [1.807, 2.05) is 14.2 Å². The van der Waals surface area contributed by atoms with Crippen LogP contribution in [0.4, 0.5) is 0 Å². The lowest BCUT2D eigenvalue weighted by Crippen LogP contribution is -2.83. The van der Waals surface area contributed by atoms with Gasteiger partial charge in [-0.15, -0.1) is 0 Å². The van der Waals surface area contributed by atoms with E-state index in [1.54, 1.807) is 14.2 Å². The Morgan fingerprint density at radius 3 is 2.39 bits per heavy atom. The molecule has 1 aliphatic heterocycles. The van der Waals surface area contributed by atoms with Crippen LogP contribution in [0.1, 0.15) is 39.0 Å². The van der Waals surface area contributed by atoms with E-state index in [0.717, 1.165) is 38.8 Å². The Hall–Kier alpha value is -0.280. The standard InChI is InChI=1S/C24H39NO6/c1-6-25-12-21(31-5)8-7-18(29-3)23-16(21)10-14(19(23)25)22(26)11-15(28-2)13-9-17(23)24(22,27)20(13)30-4/h13-20,26-27H,6-12H2,1-5H3/t13-,14+,15+,16-,17-,18+,19+,20+,21-,22+,23?,24+/m1/s1. The third kappa shape index (κ3) is 1.97. The van der Waals surface area contributed by atoms with Crippen LogP contribution in [-0.2, 0) is 18.9 Å². The van der Waals surface area contributed by atoms with Crippen molar-refractivity contribution in [1.82, 2.24) is 4.90 Å². The van der Waals surface area contributed by atoms with E-state index in [9.17, 15) is 10.2 Å². The van der Waals surface area contributed by atoms with E-state index < -0.39 is 17.3 Å². The van der Waals surface area contributed by atoms with Crippen LogP contribution < -0.4 is 0 Å². The molecule has 1 spiro atoms. The molecule has 6 aliphatic rings. The molecule has 1 saturated heterocycles. The number of piperidine rings is 1. The Morgan fingerprint density at radius 1 is 1.00 bits per heavy atom. The minimum absolute atomic E-state index is 0.0431. The van der Waals surface area contributed by atoms with Crippen LogP contribution in [0.15, 0.2) is 0 Å². The molecule has 1 heterocycles. The van der Waals surface area contributed by atoms with Gasteiger partial charge in [-0.2, -0.15) is 0 Å². The molecule has 6 fully saturated rings. The Bertz CT molecular complexity index is 766. The smallest absolute Gasteiger partial charge is 0.124 e. The molecule has 5 saturated carbocycles. The summed E-state index contributed by atoms with van der Waals surface area (Å²) >= 11 is 0. The number of ether oxygens (including phenoxy) is 4. The summed E-state index contributed by atoms with van der Waals surface area (Å²) in [5.41, 5.74) is -3.03. The van der Waals surface area contributed by atoms with Gasteiger partial charge in [-0.3, -0.25) is 4.90 Å². The summed E-state index contributed by atoms with van der Waals surface area (Å²) in [6, 6.07) is 0.179. The predicted octanol–water partition coefficient (Wildman–Crippen LogP) is 1.05. The quantitative estimate of drug-likeness (QED) is 0.666. The third-order valence-electron chi connectivity index (χ3n) is 11.3. The zero-order valence-electron chi connectivity index (χ0n) is 19.5. The maximum Gasteiger partial charge on any atom is 0.124 e. The van der Waals surface area contributed by atoms with E-state index in [1.165, 1.54) is 0 Å². The second-order valence-electron chi connectivity index (χ2n) is 11.3. The molecule has 1 unspecified atom stereocenters. The number of fused-ring (bicyclic) bond motifs is 2. The number of methoxy groups -OCH3 is 4. The second-order valence-corrected chi connectivity index (χ2v) is 11.3. The van der Waals surface area contributed by atoms with Crippen LogP contribution in [0.5, 0.6) is 0 Å². The SMILES string of the molecule is CCN1C[C@]2(OC)CC[C@H](OC)C34[C@@H]1[C@H](C[C@@H]32)[C@@]1(O)C[C@H](OC)[C@H]2C[C@H]4[C@]1(O)[C@H]2OC. The van der Waals surface area contributed by atoms with Gasteiger partial charge in [-0.1, -0.05) is 6.92 Å². The van der Waals surface area contributed by atoms with Gasteiger partial charge in [0.05, 0.1) is 23.9 Å². The lowest BCUT2D eigenvalue weighted by atomic mass is 9.44. The van der Waals surface area contributed by atoms with Gasteiger partial charge in [0.25, 0.3) is 0 Å². The average Bonchev–Trinajstić information content (AvgIpc) is 3.19. The van der Waals surface area contributed by atoms with Crippen molar-refractivity contribution in [3.8, 4) is 0 Å². The molecule has 0 radical (unpaired) electrons. The summed E-state index contributed by atoms with van der Waals surface area (Å²) in [6.07, 6.45) is 3.54. The monoisotopic (exact) mass is 437 g/mol. The Kier molecular flexibility index (Phi) is 4.41. The highest BCUT2D eigenvalue weighted by atomic mass is 16.5. The number of likely N-dealkylation sites (N-methyl/N-ethyl adjacent to an activating group) is 1. The van der Waals surface area contributed by atoms with Crippen molar-refractivity contribution in [2.24, 2.45) is 29.1 Å². The zero-order chi connectivity index (χ0) is 22.0. The van der Waals surface area contributed by atoms with Crippen LogP contribution in [0, 0.1) is 29.1 Å². The first kappa shape index (κ1) is 21.3.